The van der Waals surface area contributed by atoms with Crippen molar-refractivity contribution in [3.05, 3.63) is 0 Å². The highest BCUT2D eigenvalue weighted by molar-refractivity contribution is 7.80. The van der Waals surface area contributed by atoms with Crippen LogP contribution in [0.3, 0.4) is 0 Å². The Kier molecular flexibility index (Phi) is 3.47. The predicted molar refractivity (Wildman–Crippen MR) is 43.4 cm³/mol. The number of quaternary nitrogens is 1. The van der Waals surface area contributed by atoms with Crippen LogP contribution < -0.4 is 0 Å². The van der Waals surface area contributed by atoms with Crippen molar-refractivity contribution in [1.82, 2.24) is 0 Å². The molecule has 0 aromatic carbocycles. The minimum atomic E-state index is -3.94. The first kappa shape index (κ1) is 10.9. The van der Waals surface area contributed by atoms with Gasteiger partial charge in [0.2, 0.25) is 0 Å². The van der Waals surface area contributed by atoms with Crippen LogP contribution in [0, 0.1) is 0 Å². The first-order valence-electron chi connectivity index (χ1n) is 3.62. The average molecular weight is 182 g/mol. The van der Waals surface area contributed by atoms with Crippen molar-refractivity contribution in [2.45, 2.75) is 19.8 Å². The fourth-order valence-electron chi connectivity index (χ4n) is 0.654. The standard InChI is InChI=1S/C6H15NO3S/c1-4-5-6-7(2,3)11(8,9)10/h4-6H2,1-3H3/p+1. The Hall–Kier alpha value is -0.130. The van der Waals surface area contributed by atoms with E-state index < -0.39 is 10.3 Å². The van der Waals surface area contributed by atoms with E-state index in [-0.39, 0.29) is 3.89 Å². The molecular formula is C6H16NO3S+. The maximum Gasteiger partial charge on any atom is 0.432 e. The van der Waals surface area contributed by atoms with Crippen molar-refractivity contribution >= 4 is 10.3 Å². The molecule has 0 aliphatic rings. The molecule has 5 heteroatoms. The zero-order valence-corrected chi connectivity index (χ0v) is 8.06. The van der Waals surface area contributed by atoms with Crippen molar-refractivity contribution in [3.63, 3.8) is 0 Å². The molecule has 0 saturated carbocycles. The van der Waals surface area contributed by atoms with Crippen molar-refractivity contribution in [3.8, 4) is 0 Å². The Bertz CT molecular complexity index is 208. The predicted octanol–water partition coefficient (Wildman–Crippen LogP) is 0.666. The summed E-state index contributed by atoms with van der Waals surface area (Å²) in [6.07, 6.45) is 1.73. The lowest BCUT2D eigenvalue weighted by Gasteiger charge is -2.23. The zero-order chi connectivity index (χ0) is 9.12. The SMILES string of the molecule is CCCC[N+](C)(C)S(=O)(=O)O. The van der Waals surface area contributed by atoms with E-state index in [1.165, 1.54) is 14.1 Å². The molecule has 0 saturated heterocycles. The molecular weight excluding hydrogens is 166 g/mol. The molecule has 0 aromatic rings. The average Bonchev–Trinajstić information content (AvgIpc) is 1.81. The van der Waals surface area contributed by atoms with Crippen molar-refractivity contribution in [2.24, 2.45) is 0 Å². The summed E-state index contributed by atoms with van der Waals surface area (Å²) in [6, 6.07) is 0. The molecule has 0 aromatic heterocycles. The van der Waals surface area contributed by atoms with Crippen LogP contribution in [0.15, 0.2) is 0 Å². The largest absolute Gasteiger partial charge is 0.432 e. The summed E-state index contributed by atoms with van der Waals surface area (Å²) in [5.74, 6) is 0. The van der Waals surface area contributed by atoms with E-state index in [1.54, 1.807) is 0 Å². The Balaban J connectivity index is 4.24. The molecule has 1 N–H and O–H groups in total. The van der Waals surface area contributed by atoms with Gasteiger partial charge in [0, 0.05) is 0 Å². The fourth-order valence-corrected chi connectivity index (χ4v) is 1.01. The van der Waals surface area contributed by atoms with Gasteiger partial charge in [0.05, 0.1) is 20.6 Å². The first-order chi connectivity index (χ1) is 4.81. The number of nitrogens with zero attached hydrogens (tertiary/aromatic N) is 1. The molecule has 0 aliphatic carbocycles. The molecule has 11 heavy (non-hydrogen) atoms. The van der Waals surface area contributed by atoms with Gasteiger partial charge in [-0.25, -0.2) is 4.55 Å². The number of hydrogen-bond acceptors (Lipinski definition) is 2. The highest BCUT2D eigenvalue weighted by Gasteiger charge is 2.29. The molecule has 0 bridgehead atoms. The number of hydrogen-bond donors (Lipinski definition) is 1. The summed E-state index contributed by atoms with van der Waals surface area (Å²) >= 11 is 0. The maximum absolute atomic E-state index is 10.7. The van der Waals surface area contributed by atoms with Gasteiger partial charge in [-0.15, -0.1) is 8.42 Å². The highest BCUT2D eigenvalue weighted by Crippen LogP contribution is 2.07. The van der Waals surface area contributed by atoms with Gasteiger partial charge in [0.25, 0.3) is 0 Å². The minimum Gasteiger partial charge on any atom is -0.241 e. The minimum absolute atomic E-state index is 0.346. The van der Waals surface area contributed by atoms with Crippen LogP contribution in [0.1, 0.15) is 19.8 Å². The molecule has 0 atom stereocenters. The van der Waals surface area contributed by atoms with Gasteiger partial charge in [-0.05, 0) is 6.42 Å². The van der Waals surface area contributed by atoms with E-state index >= 15 is 0 Å². The smallest absolute Gasteiger partial charge is 0.241 e. The Morgan fingerprint density at radius 3 is 2.09 bits per heavy atom. The first-order valence-corrected chi connectivity index (χ1v) is 5.01. The molecule has 0 aliphatic heterocycles. The van der Waals surface area contributed by atoms with Crippen LogP contribution in [0.2, 0.25) is 0 Å². The van der Waals surface area contributed by atoms with E-state index in [2.05, 4.69) is 0 Å². The Morgan fingerprint density at radius 2 is 1.82 bits per heavy atom. The lowest BCUT2D eigenvalue weighted by Crippen LogP contribution is -2.45. The lowest BCUT2D eigenvalue weighted by atomic mass is 10.3. The maximum atomic E-state index is 10.7. The molecule has 68 valence electrons. The molecule has 4 nitrogen and oxygen atoms in total. The van der Waals surface area contributed by atoms with Gasteiger partial charge in [-0.1, -0.05) is 13.3 Å². The summed E-state index contributed by atoms with van der Waals surface area (Å²) < 4.78 is 29.7. The molecule has 0 rings (SSSR count). The topological polar surface area (TPSA) is 54.4 Å². The summed E-state index contributed by atoms with van der Waals surface area (Å²) in [5.41, 5.74) is 0. The van der Waals surface area contributed by atoms with Gasteiger partial charge in [-0.3, -0.25) is 0 Å². The van der Waals surface area contributed by atoms with E-state index in [0.717, 1.165) is 12.8 Å². The van der Waals surface area contributed by atoms with Crippen molar-refractivity contribution in [2.75, 3.05) is 20.6 Å². The monoisotopic (exact) mass is 182 g/mol. The molecule has 0 amide bonds. The summed E-state index contributed by atoms with van der Waals surface area (Å²) in [4.78, 5) is 0. The zero-order valence-electron chi connectivity index (χ0n) is 7.24. The van der Waals surface area contributed by atoms with E-state index in [1.807, 2.05) is 6.92 Å². The molecule has 0 heterocycles. The quantitative estimate of drug-likeness (QED) is 0.513. The Morgan fingerprint density at radius 1 is 1.36 bits per heavy atom. The Labute approximate surface area is 68.3 Å². The van der Waals surface area contributed by atoms with E-state index in [4.69, 9.17) is 4.55 Å². The highest BCUT2D eigenvalue weighted by atomic mass is 32.2. The second kappa shape index (κ2) is 3.51. The third-order valence-electron chi connectivity index (χ3n) is 1.67. The third kappa shape index (κ3) is 3.18. The summed E-state index contributed by atoms with van der Waals surface area (Å²) in [7, 11) is -0.983. The second-order valence-corrected chi connectivity index (χ2v) is 4.98. The van der Waals surface area contributed by atoms with Gasteiger partial charge in [-0.2, -0.15) is 3.89 Å². The lowest BCUT2D eigenvalue weighted by molar-refractivity contribution is -0.767. The van der Waals surface area contributed by atoms with Crippen LogP contribution >= 0.6 is 0 Å². The second-order valence-electron chi connectivity index (χ2n) is 3.10. The van der Waals surface area contributed by atoms with Crippen LogP contribution in [0.25, 0.3) is 0 Å². The van der Waals surface area contributed by atoms with Gasteiger partial charge >= 0.3 is 10.3 Å². The molecule has 0 unspecified atom stereocenters. The van der Waals surface area contributed by atoms with Crippen LogP contribution in [-0.2, 0) is 10.3 Å². The summed E-state index contributed by atoms with van der Waals surface area (Å²) in [6.45, 7) is 2.43. The molecule has 0 spiro atoms. The van der Waals surface area contributed by atoms with E-state index in [9.17, 15) is 8.42 Å². The van der Waals surface area contributed by atoms with Crippen molar-refractivity contribution < 1.29 is 16.9 Å². The normalized spacial score (nSPS) is 13.5. The van der Waals surface area contributed by atoms with E-state index in [0.29, 0.717) is 6.54 Å². The number of rotatable bonds is 4. The molecule has 0 fully saturated rings. The van der Waals surface area contributed by atoms with Crippen LogP contribution in [0.4, 0.5) is 0 Å². The molecule has 0 radical (unpaired) electrons. The fraction of sp³-hybridized carbons (Fsp3) is 1.00. The van der Waals surface area contributed by atoms with Crippen LogP contribution in [-0.4, -0.2) is 37.5 Å². The summed E-state index contributed by atoms with van der Waals surface area (Å²) in [5, 5.41) is 0. The van der Waals surface area contributed by atoms with Gasteiger partial charge in [0.15, 0.2) is 0 Å². The van der Waals surface area contributed by atoms with Gasteiger partial charge in [0.1, 0.15) is 0 Å². The third-order valence-corrected chi connectivity index (χ3v) is 3.11. The number of unbranched alkanes of at least 4 members (excludes halogenated alkanes) is 1. The van der Waals surface area contributed by atoms with Crippen LogP contribution in [0.5, 0.6) is 0 Å². The van der Waals surface area contributed by atoms with Gasteiger partial charge < -0.3 is 0 Å². The van der Waals surface area contributed by atoms with Crippen molar-refractivity contribution in [1.29, 1.82) is 0 Å².